The molecule has 0 aliphatic heterocycles. The Morgan fingerprint density at radius 2 is 1.25 bits per heavy atom. The van der Waals surface area contributed by atoms with Gasteiger partial charge in [-0.3, -0.25) is 0 Å². The monoisotopic (exact) mass is 210 g/mol. The molecule has 0 aromatic rings. The van der Waals surface area contributed by atoms with Crippen molar-refractivity contribution in [3.05, 3.63) is 0 Å². The van der Waals surface area contributed by atoms with Crippen LogP contribution in [0.5, 0.6) is 0 Å². The van der Waals surface area contributed by atoms with E-state index in [4.69, 9.17) is 0 Å². The van der Waals surface area contributed by atoms with Gasteiger partial charge < -0.3 is 8.42 Å². The first kappa shape index (κ1) is 11.8. The molecule has 0 saturated heterocycles. The minimum Gasteiger partial charge on any atom is -0.424 e. The van der Waals surface area contributed by atoms with Crippen molar-refractivity contribution < 1.29 is 41.1 Å². The Hall–Kier alpha value is 1.05. The molecule has 0 aromatic heterocycles. The average Bonchev–Trinajstić information content (AvgIpc) is 1.31. The summed E-state index contributed by atoms with van der Waals surface area (Å²) in [5.41, 5.74) is 0. The fourth-order valence-electron chi connectivity index (χ4n) is 0. The molecule has 0 N–H and O–H groups in total. The zero-order valence-electron chi connectivity index (χ0n) is 5.30. The van der Waals surface area contributed by atoms with Gasteiger partial charge >= 0.3 is 0 Å². The molecule has 8 heavy (non-hydrogen) atoms. The molecular formula is C4H9O2SY-. The van der Waals surface area contributed by atoms with Gasteiger partial charge in [0, 0.05) is 32.7 Å². The van der Waals surface area contributed by atoms with Crippen LogP contribution in [-0.2, 0) is 51.8 Å². The molecule has 0 unspecified atom stereocenters. The second kappa shape index (κ2) is 3.96. The summed E-state index contributed by atoms with van der Waals surface area (Å²) in [5, 5.41) is 0. The Morgan fingerprint density at radius 3 is 1.25 bits per heavy atom. The summed E-state index contributed by atoms with van der Waals surface area (Å²) in [7, 11) is -1.93. The standard InChI is InChI=1S/C4H9O2S.Y/c1-4(2,3)7(5)6;/h1-3H3;/q-1;. The van der Waals surface area contributed by atoms with Crippen molar-refractivity contribution in [1.82, 2.24) is 0 Å². The molecule has 0 spiro atoms. The molecule has 0 aliphatic rings. The molecule has 47 valence electrons. The number of hydrogen-bond acceptors (Lipinski definition) is 3. The number of rotatable bonds is 0. The Labute approximate surface area is 76.9 Å². The van der Waals surface area contributed by atoms with Crippen LogP contribution in [0.3, 0.4) is 0 Å². The second-order valence-electron chi connectivity index (χ2n) is 2.35. The molecule has 0 rings (SSSR count). The van der Waals surface area contributed by atoms with Gasteiger partial charge in [0.25, 0.3) is 0 Å². The Bertz CT molecular complexity index is 114. The first-order chi connectivity index (χ1) is 2.94. The van der Waals surface area contributed by atoms with E-state index in [2.05, 4.69) is 0 Å². The third-order valence-electron chi connectivity index (χ3n) is 0.500. The predicted octanol–water partition coefficient (Wildman–Crippen LogP) is 1.09. The van der Waals surface area contributed by atoms with Crippen LogP contribution >= 0.6 is 0 Å². The van der Waals surface area contributed by atoms with Gasteiger partial charge in [-0.05, 0) is 0 Å². The van der Waals surface area contributed by atoms with Gasteiger partial charge in [0.1, 0.15) is 0 Å². The van der Waals surface area contributed by atoms with Crippen LogP contribution in [0.1, 0.15) is 20.8 Å². The van der Waals surface area contributed by atoms with Crippen LogP contribution in [-0.4, -0.2) is 4.75 Å². The quantitative estimate of drug-likeness (QED) is 0.561. The zero-order chi connectivity index (χ0) is 6.08. The van der Waals surface area contributed by atoms with Crippen molar-refractivity contribution in [3.63, 3.8) is 0 Å². The second-order valence-corrected chi connectivity index (χ2v) is 4.04. The van der Waals surface area contributed by atoms with Gasteiger partial charge in [-0.1, -0.05) is 36.2 Å². The van der Waals surface area contributed by atoms with Gasteiger partial charge in [-0.15, -0.1) is 0 Å². The average molecular weight is 210 g/mol. The van der Waals surface area contributed by atoms with Crippen LogP contribution in [0.15, 0.2) is 0 Å². The molecule has 0 aromatic carbocycles. The summed E-state index contributed by atoms with van der Waals surface area (Å²) in [6.45, 7) is 4.95. The van der Waals surface area contributed by atoms with Gasteiger partial charge in [0.15, 0.2) is 0 Å². The van der Waals surface area contributed by atoms with Crippen molar-refractivity contribution in [3.8, 4) is 0 Å². The summed E-state index contributed by atoms with van der Waals surface area (Å²) in [6.07, 6.45) is 0. The van der Waals surface area contributed by atoms with Gasteiger partial charge in [0.2, 0.25) is 0 Å². The summed E-state index contributed by atoms with van der Waals surface area (Å²) in [5.74, 6) is 0. The minimum absolute atomic E-state index is 0. The van der Waals surface area contributed by atoms with E-state index in [9.17, 15) is 8.42 Å². The van der Waals surface area contributed by atoms with Crippen LogP contribution in [0.2, 0.25) is 0 Å². The van der Waals surface area contributed by atoms with E-state index >= 15 is 0 Å². The maximum atomic E-state index is 10.0. The minimum atomic E-state index is -1.93. The molecular weight excluding hydrogens is 201 g/mol. The SMILES string of the molecule is CC(C)(C)[S-](=O)=O.[Y]. The third-order valence-corrected chi connectivity index (χ3v) is 1.50. The first-order valence-corrected chi connectivity index (χ1v) is 3.11. The van der Waals surface area contributed by atoms with Crippen molar-refractivity contribution in [1.29, 1.82) is 0 Å². The first-order valence-electron chi connectivity index (χ1n) is 2.04. The summed E-state index contributed by atoms with van der Waals surface area (Å²) in [4.78, 5) is 0. The smallest absolute Gasteiger partial charge is 0 e. The van der Waals surface area contributed by atoms with Crippen molar-refractivity contribution in [2.75, 3.05) is 0 Å². The summed E-state index contributed by atoms with van der Waals surface area (Å²) in [6, 6.07) is 0. The molecule has 0 saturated carbocycles. The molecule has 0 bridgehead atoms. The maximum absolute atomic E-state index is 10.0. The largest absolute Gasteiger partial charge is 0.424 e. The molecule has 4 heteroatoms. The zero-order valence-corrected chi connectivity index (χ0v) is 8.96. The van der Waals surface area contributed by atoms with E-state index in [1.165, 1.54) is 0 Å². The van der Waals surface area contributed by atoms with E-state index in [0.717, 1.165) is 0 Å². The van der Waals surface area contributed by atoms with E-state index in [1.807, 2.05) is 0 Å². The van der Waals surface area contributed by atoms with Crippen molar-refractivity contribution in [2.24, 2.45) is 0 Å². The maximum Gasteiger partial charge on any atom is 0 e. The molecule has 0 atom stereocenters. The molecule has 0 fully saturated rings. The topological polar surface area (TPSA) is 34.1 Å². The van der Waals surface area contributed by atoms with Crippen LogP contribution in [0.4, 0.5) is 0 Å². The van der Waals surface area contributed by atoms with E-state index in [-0.39, 0.29) is 32.7 Å². The van der Waals surface area contributed by atoms with E-state index in [0.29, 0.717) is 0 Å². The number of hydrogen-bond donors (Lipinski definition) is 0. The summed E-state index contributed by atoms with van der Waals surface area (Å²) >= 11 is 0. The van der Waals surface area contributed by atoms with Crippen molar-refractivity contribution in [2.45, 2.75) is 25.5 Å². The van der Waals surface area contributed by atoms with Crippen LogP contribution in [0.25, 0.3) is 0 Å². The summed E-state index contributed by atoms with van der Waals surface area (Å²) < 4.78 is 19.5. The Balaban J connectivity index is 0. The molecule has 1 radical (unpaired) electrons. The Kier molecular flexibility index (Phi) is 5.85. The molecule has 0 heterocycles. The molecule has 0 aliphatic carbocycles. The van der Waals surface area contributed by atoms with E-state index < -0.39 is 15.5 Å². The van der Waals surface area contributed by atoms with Gasteiger partial charge in [-0.25, -0.2) is 0 Å². The normalized spacial score (nSPS) is 11.0. The van der Waals surface area contributed by atoms with Crippen LogP contribution in [0, 0.1) is 0 Å². The molecule has 0 amide bonds. The van der Waals surface area contributed by atoms with Crippen LogP contribution < -0.4 is 0 Å². The fraction of sp³-hybridized carbons (Fsp3) is 1.00. The van der Waals surface area contributed by atoms with E-state index in [1.54, 1.807) is 20.8 Å². The Morgan fingerprint density at radius 1 is 1.12 bits per heavy atom. The predicted molar refractivity (Wildman–Crippen MR) is 28.5 cm³/mol. The van der Waals surface area contributed by atoms with Gasteiger partial charge in [0.05, 0.1) is 0 Å². The van der Waals surface area contributed by atoms with Crippen molar-refractivity contribution >= 4 is 10.7 Å². The van der Waals surface area contributed by atoms with Gasteiger partial charge in [-0.2, -0.15) is 0 Å². The third kappa shape index (κ3) is 5.20. The molecule has 2 nitrogen and oxygen atoms in total. The fourth-order valence-corrected chi connectivity index (χ4v) is 0.